The number of ketones is 2. The van der Waals surface area contributed by atoms with E-state index in [2.05, 4.69) is 61.2 Å². The SMILES string of the molecule is CC(C)(C)NCCNCCNC(=O)CCCCC(=O)C(C)(C)C(C)(C)NCC[N+]1(CCNC(=O)CCCCC(=O)C(C)(C)C)CC(O)C1. The van der Waals surface area contributed by atoms with Gasteiger partial charge >= 0.3 is 0 Å². The van der Waals surface area contributed by atoms with Crippen LogP contribution in [0, 0.1) is 10.8 Å². The molecule has 0 aromatic rings. The standard InChI is InChI=1S/C37H72N6O5/c1-34(2,3)30(45)15-11-13-18-33(48)40-23-25-43(27-29(44)28-43)26-24-42-37(9,10)36(7,8)31(46)16-12-14-17-32(47)39-21-19-38-20-22-41-35(4,5)6/h29,38,41-42,44H,11-28H2,1-10H3,(H-,39,40,47,48)/p+1. The van der Waals surface area contributed by atoms with E-state index in [0.29, 0.717) is 77.7 Å². The Balaban J connectivity index is 2.34. The summed E-state index contributed by atoms with van der Waals surface area (Å²) in [6.07, 6.45) is 4.24. The predicted molar refractivity (Wildman–Crippen MR) is 195 cm³/mol. The zero-order valence-electron chi connectivity index (χ0n) is 32.3. The average molecular weight is 682 g/mol. The number of amides is 2. The molecule has 0 spiro atoms. The molecular weight excluding hydrogens is 608 g/mol. The van der Waals surface area contributed by atoms with Crippen LogP contribution in [0.5, 0.6) is 0 Å². The van der Waals surface area contributed by atoms with Crippen LogP contribution in [0.3, 0.4) is 0 Å². The molecule has 0 aromatic heterocycles. The summed E-state index contributed by atoms with van der Waals surface area (Å²) < 4.78 is 0.728. The Morgan fingerprint density at radius 2 is 1.08 bits per heavy atom. The number of carbonyl (C=O) groups is 4. The lowest BCUT2D eigenvalue weighted by molar-refractivity contribution is -0.970. The van der Waals surface area contributed by atoms with Gasteiger partial charge in [-0.15, -0.1) is 0 Å². The van der Waals surface area contributed by atoms with Crippen LogP contribution >= 0.6 is 0 Å². The summed E-state index contributed by atoms with van der Waals surface area (Å²) in [6, 6.07) is 0. The summed E-state index contributed by atoms with van der Waals surface area (Å²) in [5.41, 5.74) is -1.29. The van der Waals surface area contributed by atoms with Crippen molar-refractivity contribution in [3.05, 3.63) is 0 Å². The molecule has 11 heteroatoms. The van der Waals surface area contributed by atoms with Gasteiger partial charge in [0.25, 0.3) is 0 Å². The molecule has 0 bridgehead atoms. The first-order chi connectivity index (χ1) is 22.1. The van der Waals surface area contributed by atoms with E-state index >= 15 is 0 Å². The monoisotopic (exact) mass is 682 g/mol. The number of hydrogen-bond acceptors (Lipinski definition) is 8. The van der Waals surface area contributed by atoms with E-state index in [9.17, 15) is 24.3 Å². The Morgan fingerprint density at radius 1 is 0.604 bits per heavy atom. The first-order valence-electron chi connectivity index (χ1n) is 18.4. The first kappa shape index (κ1) is 44.1. The number of aliphatic hydroxyl groups excluding tert-OH is 1. The molecule has 11 nitrogen and oxygen atoms in total. The summed E-state index contributed by atoms with van der Waals surface area (Å²) in [5.74, 6) is 0.439. The normalized spacial score (nSPS) is 18.7. The summed E-state index contributed by atoms with van der Waals surface area (Å²) in [6.45, 7) is 27.4. The number of quaternary nitrogens is 1. The zero-order chi connectivity index (χ0) is 36.7. The van der Waals surface area contributed by atoms with Gasteiger partial charge in [0, 0.05) is 80.3 Å². The molecule has 0 unspecified atom stereocenters. The Morgan fingerprint density at radius 3 is 1.60 bits per heavy atom. The van der Waals surface area contributed by atoms with Gasteiger partial charge in [0.1, 0.15) is 24.7 Å². The van der Waals surface area contributed by atoms with Crippen molar-refractivity contribution in [2.24, 2.45) is 10.8 Å². The molecule has 2 amide bonds. The lowest BCUT2D eigenvalue weighted by Crippen LogP contribution is -2.70. The number of carbonyl (C=O) groups excluding carboxylic acids is 4. The van der Waals surface area contributed by atoms with Gasteiger partial charge in [0.2, 0.25) is 11.8 Å². The molecule has 1 saturated heterocycles. The van der Waals surface area contributed by atoms with Crippen molar-refractivity contribution in [2.45, 2.75) is 138 Å². The summed E-state index contributed by atoms with van der Waals surface area (Å²) in [7, 11) is 0. The smallest absolute Gasteiger partial charge is 0.220 e. The Bertz CT molecular complexity index is 1010. The van der Waals surface area contributed by atoms with Crippen LogP contribution in [0.4, 0.5) is 0 Å². The van der Waals surface area contributed by atoms with E-state index in [4.69, 9.17) is 0 Å². The molecule has 1 fully saturated rings. The van der Waals surface area contributed by atoms with E-state index < -0.39 is 11.0 Å². The van der Waals surface area contributed by atoms with Crippen molar-refractivity contribution < 1.29 is 28.8 Å². The summed E-state index contributed by atoms with van der Waals surface area (Å²) >= 11 is 0. The van der Waals surface area contributed by atoms with Gasteiger partial charge in [0.15, 0.2) is 6.10 Å². The largest absolute Gasteiger partial charge is 0.382 e. The molecule has 0 saturated carbocycles. The molecule has 0 atom stereocenters. The van der Waals surface area contributed by atoms with E-state index in [1.807, 2.05) is 34.6 Å². The van der Waals surface area contributed by atoms with Gasteiger partial charge in [-0.3, -0.25) is 19.2 Å². The number of Topliss-reactive ketones (excluding diaryl/α,β-unsaturated/α-hetero) is 2. The minimum absolute atomic E-state index is 0.00493. The van der Waals surface area contributed by atoms with Gasteiger partial charge in [0.05, 0.1) is 19.6 Å². The molecule has 0 aliphatic carbocycles. The Hall–Kier alpha value is -1.92. The summed E-state index contributed by atoms with van der Waals surface area (Å²) in [5, 5.41) is 26.5. The van der Waals surface area contributed by atoms with Gasteiger partial charge in [-0.1, -0.05) is 34.6 Å². The molecule has 280 valence electrons. The van der Waals surface area contributed by atoms with Crippen molar-refractivity contribution in [3.8, 4) is 0 Å². The van der Waals surface area contributed by atoms with Crippen molar-refractivity contribution in [1.82, 2.24) is 26.6 Å². The van der Waals surface area contributed by atoms with E-state index in [0.717, 1.165) is 43.6 Å². The molecule has 6 N–H and O–H groups in total. The van der Waals surface area contributed by atoms with E-state index in [1.54, 1.807) is 0 Å². The minimum Gasteiger partial charge on any atom is -0.382 e. The fraction of sp³-hybridized carbons (Fsp3) is 0.892. The highest BCUT2D eigenvalue weighted by Gasteiger charge is 2.45. The first-order valence-corrected chi connectivity index (χ1v) is 18.4. The fourth-order valence-corrected chi connectivity index (χ4v) is 5.87. The zero-order valence-corrected chi connectivity index (χ0v) is 32.3. The third-order valence-electron chi connectivity index (χ3n) is 10.1. The van der Waals surface area contributed by atoms with E-state index in [1.165, 1.54) is 0 Å². The quantitative estimate of drug-likeness (QED) is 0.0637. The third kappa shape index (κ3) is 17.1. The predicted octanol–water partition coefficient (Wildman–Crippen LogP) is 3.09. The average Bonchev–Trinajstić information content (AvgIpc) is 2.94. The van der Waals surface area contributed by atoms with E-state index in [-0.39, 0.29) is 40.4 Å². The molecule has 0 aromatic carbocycles. The highest BCUT2D eigenvalue weighted by atomic mass is 16.3. The molecule has 0 radical (unpaired) electrons. The molecule has 1 aliphatic heterocycles. The van der Waals surface area contributed by atoms with Crippen LogP contribution in [0.25, 0.3) is 0 Å². The Kier molecular flexibility index (Phi) is 18.4. The number of aliphatic hydroxyl groups is 1. The van der Waals surface area contributed by atoms with Gasteiger partial charge in [-0.25, -0.2) is 0 Å². The number of hydrogen-bond donors (Lipinski definition) is 6. The third-order valence-corrected chi connectivity index (χ3v) is 10.1. The second-order valence-corrected chi connectivity index (χ2v) is 17.1. The minimum atomic E-state index is -0.604. The van der Waals surface area contributed by atoms with Gasteiger partial charge in [-0.05, 0) is 60.3 Å². The van der Waals surface area contributed by atoms with Crippen molar-refractivity contribution in [3.63, 3.8) is 0 Å². The lowest BCUT2D eigenvalue weighted by Gasteiger charge is -2.49. The topological polar surface area (TPSA) is 149 Å². The van der Waals surface area contributed by atoms with Crippen LogP contribution in [0.2, 0.25) is 0 Å². The highest BCUT2D eigenvalue weighted by Crippen LogP contribution is 2.33. The van der Waals surface area contributed by atoms with Crippen LogP contribution in [-0.2, 0) is 19.2 Å². The van der Waals surface area contributed by atoms with Gasteiger partial charge < -0.3 is 36.2 Å². The molecule has 1 rings (SSSR count). The Labute approximate surface area is 292 Å². The van der Waals surface area contributed by atoms with Crippen LogP contribution in [-0.4, -0.2) is 116 Å². The lowest BCUT2D eigenvalue weighted by atomic mass is 9.70. The molecule has 48 heavy (non-hydrogen) atoms. The second-order valence-electron chi connectivity index (χ2n) is 17.1. The second kappa shape index (κ2) is 20.1. The number of likely N-dealkylation sites (tertiary alicyclic amines) is 1. The number of unbranched alkanes of at least 4 members (excludes halogenated alkanes) is 2. The van der Waals surface area contributed by atoms with Crippen LogP contribution < -0.4 is 26.6 Å². The summed E-state index contributed by atoms with van der Waals surface area (Å²) in [4.78, 5) is 50.0. The van der Waals surface area contributed by atoms with Crippen molar-refractivity contribution in [2.75, 3.05) is 65.4 Å². The number of nitrogens with one attached hydrogen (secondary N) is 5. The van der Waals surface area contributed by atoms with Crippen LogP contribution in [0.1, 0.15) is 121 Å². The fourth-order valence-electron chi connectivity index (χ4n) is 5.87. The van der Waals surface area contributed by atoms with Crippen molar-refractivity contribution in [1.29, 1.82) is 0 Å². The molecular formula is C37H73N6O5+. The maximum atomic E-state index is 13.3. The molecule has 1 aliphatic rings. The molecule has 1 heterocycles. The van der Waals surface area contributed by atoms with Gasteiger partial charge in [-0.2, -0.15) is 0 Å². The van der Waals surface area contributed by atoms with Crippen molar-refractivity contribution >= 4 is 23.4 Å². The number of rotatable bonds is 25. The maximum Gasteiger partial charge on any atom is 0.220 e. The van der Waals surface area contributed by atoms with Crippen LogP contribution in [0.15, 0.2) is 0 Å². The maximum absolute atomic E-state index is 13.3. The highest BCUT2D eigenvalue weighted by molar-refractivity contribution is 5.85. The number of nitrogens with zero attached hydrogens (tertiary/aromatic N) is 1.